The number of carbonyl (C=O) groups is 1. The van der Waals surface area contributed by atoms with Crippen LogP contribution in [0, 0.1) is 17.5 Å². The third kappa shape index (κ3) is 2.67. The van der Waals surface area contributed by atoms with Crippen molar-refractivity contribution in [3.63, 3.8) is 0 Å². The van der Waals surface area contributed by atoms with E-state index >= 15 is 0 Å². The van der Waals surface area contributed by atoms with Crippen LogP contribution >= 0.6 is 27.5 Å². The van der Waals surface area contributed by atoms with E-state index in [2.05, 4.69) is 15.9 Å². The first kappa shape index (κ1) is 14.1. The van der Waals surface area contributed by atoms with Crippen molar-refractivity contribution in [2.45, 2.75) is 0 Å². The van der Waals surface area contributed by atoms with Gasteiger partial charge in [0.05, 0.1) is 10.6 Å². The quantitative estimate of drug-likeness (QED) is 0.565. The van der Waals surface area contributed by atoms with Crippen LogP contribution in [0.4, 0.5) is 13.2 Å². The average molecular weight is 350 g/mol. The molecule has 0 N–H and O–H groups in total. The molecule has 98 valence electrons. The Balaban J connectivity index is 2.56. The van der Waals surface area contributed by atoms with Crippen molar-refractivity contribution in [2.75, 3.05) is 0 Å². The Labute approximate surface area is 120 Å². The van der Waals surface area contributed by atoms with Crippen LogP contribution in [0.25, 0.3) is 0 Å². The van der Waals surface area contributed by atoms with Gasteiger partial charge in [0.1, 0.15) is 5.82 Å². The predicted molar refractivity (Wildman–Crippen MR) is 68.9 cm³/mol. The van der Waals surface area contributed by atoms with Gasteiger partial charge in [-0.05, 0) is 34.1 Å². The Morgan fingerprint density at radius 3 is 2.32 bits per heavy atom. The zero-order chi connectivity index (χ0) is 14.2. The summed E-state index contributed by atoms with van der Waals surface area (Å²) in [4.78, 5) is 12.1. The average Bonchev–Trinajstić information content (AvgIpc) is 2.36. The molecule has 2 aromatic carbocycles. The van der Waals surface area contributed by atoms with Gasteiger partial charge in [0.2, 0.25) is 0 Å². The Morgan fingerprint density at radius 2 is 1.63 bits per heavy atom. The summed E-state index contributed by atoms with van der Waals surface area (Å²) in [5.41, 5.74) is -0.570. The predicted octanol–water partition coefficient (Wildman–Crippen LogP) is 4.75. The summed E-state index contributed by atoms with van der Waals surface area (Å²) in [7, 11) is 0. The topological polar surface area (TPSA) is 17.1 Å². The van der Waals surface area contributed by atoms with Crippen LogP contribution in [0.1, 0.15) is 15.9 Å². The molecular weight excluding hydrogens is 344 g/mol. The van der Waals surface area contributed by atoms with Crippen molar-refractivity contribution in [1.29, 1.82) is 0 Å². The summed E-state index contributed by atoms with van der Waals surface area (Å²) in [6, 6.07) is 5.34. The molecule has 0 heterocycles. The van der Waals surface area contributed by atoms with Gasteiger partial charge in [-0.25, -0.2) is 13.2 Å². The first-order chi connectivity index (χ1) is 8.91. The third-order valence-electron chi connectivity index (χ3n) is 2.45. The molecule has 6 heteroatoms. The highest BCUT2D eigenvalue weighted by Gasteiger charge is 2.20. The van der Waals surface area contributed by atoms with Gasteiger partial charge in [0.25, 0.3) is 0 Å². The lowest BCUT2D eigenvalue weighted by Crippen LogP contribution is -2.07. The van der Waals surface area contributed by atoms with Gasteiger partial charge < -0.3 is 0 Å². The third-order valence-corrected chi connectivity index (χ3v) is 3.75. The van der Waals surface area contributed by atoms with E-state index < -0.39 is 28.8 Å². The van der Waals surface area contributed by atoms with E-state index in [1.807, 2.05) is 0 Å². The largest absolute Gasteiger partial charge is 0.288 e. The van der Waals surface area contributed by atoms with E-state index in [1.165, 1.54) is 12.1 Å². The highest BCUT2D eigenvalue weighted by atomic mass is 79.9. The second kappa shape index (κ2) is 5.35. The smallest absolute Gasteiger partial charge is 0.197 e. The van der Waals surface area contributed by atoms with Crippen LogP contribution in [-0.4, -0.2) is 5.78 Å². The summed E-state index contributed by atoms with van der Waals surface area (Å²) in [5, 5.41) is 0.0802. The molecule has 2 aromatic rings. The van der Waals surface area contributed by atoms with E-state index in [1.54, 1.807) is 6.07 Å². The van der Waals surface area contributed by atoms with Crippen LogP contribution in [0.15, 0.2) is 34.8 Å². The number of halogens is 5. The van der Waals surface area contributed by atoms with Crippen molar-refractivity contribution in [2.24, 2.45) is 0 Å². The van der Waals surface area contributed by atoms with E-state index in [4.69, 9.17) is 11.6 Å². The SMILES string of the molecule is O=C(c1cc(F)c(F)cc1F)c1cccc(Br)c1Cl. The van der Waals surface area contributed by atoms with Crippen LogP contribution < -0.4 is 0 Å². The van der Waals surface area contributed by atoms with Crippen LogP contribution in [0.5, 0.6) is 0 Å². The Hall–Kier alpha value is -1.33. The molecule has 0 saturated carbocycles. The van der Waals surface area contributed by atoms with Gasteiger partial charge in [-0.15, -0.1) is 0 Å². The molecule has 0 aliphatic heterocycles. The molecule has 0 aliphatic carbocycles. The Bertz CT molecular complexity index is 673. The van der Waals surface area contributed by atoms with Crippen LogP contribution in [-0.2, 0) is 0 Å². The standard InChI is InChI=1S/C13H5BrClF3O/c14-8-3-1-2-6(12(8)15)13(19)7-4-10(17)11(18)5-9(7)16/h1-5H. The lowest BCUT2D eigenvalue weighted by molar-refractivity contribution is 0.103. The van der Waals surface area contributed by atoms with E-state index in [0.29, 0.717) is 16.6 Å². The molecule has 1 nitrogen and oxygen atoms in total. The number of hydrogen-bond acceptors (Lipinski definition) is 1. The molecule has 2 rings (SSSR count). The van der Waals surface area contributed by atoms with Gasteiger partial charge in [0.15, 0.2) is 17.4 Å². The minimum absolute atomic E-state index is 0.000879. The zero-order valence-electron chi connectivity index (χ0n) is 9.18. The number of ketones is 1. The fourth-order valence-electron chi connectivity index (χ4n) is 1.52. The molecular formula is C13H5BrClF3O. The lowest BCUT2D eigenvalue weighted by Gasteiger charge is -2.06. The normalized spacial score (nSPS) is 10.6. The van der Waals surface area contributed by atoms with Gasteiger partial charge >= 0.3 is 0 Å². The van der Waals surface area contributed by atoms with Gasteiger partial charge in [-0.1, -0.05) is 17.7 Å². The molecule has 0 unspecified atom stereocenters. The molecule has 0 fully saturated rings. The minimum Gasteiger partial charge on any atom is -0.288 e. The monoisotopic (exact) mass is 348 g/mol. The molecule has 19 heavy (non-hydrogen) atoms. The number of benzene rings is 2. The van der Waals surface area contributed by atoms with Crippen LogP contribution in [0.2, 0.25) is 5.02 Å². The molecule has 0 aliphatic rings. The summed E-state index contributed by atoms with van der Waals surface area (Å²) >= 11 is 9.02. The lowest BCUT2D eigenvalue weighted by atomic mass is 10.0. The van der Waals surface area contributed by atoms with Crippen molar-refractivity contribution in [3.8, 4) is 0 Å². The van der Waals surface area contributed by atoms with Crippen molar-refractivity contribution in [1.82, 2.24) is 0 Å². The van der Waals surface area contributed by atoms with Crippen LogP contribution in [0.3, 0.4) is 0 Å². The molecule has 0 saturated heterocycles. The molecule has 0 bridgehead atoms. The highest BCUT2D eigenvalue weighted by molar-refractivity contribution is 9.10. The summed E-state index contributed by atoms with van der Waals surface area (Å²) < 4.78 is 39.9. The molecule has 0 spiro atoms. The Morgan fingerprint density at radius 1 is 1.00 bits per heavy atom. The summed E-state index contributed by atoms with van der Waals surface area (Å²) in [6.07, 6.45) is 0. The maximum absolute atomic E-state index is 13.5. The van der Waals surface area contributed by atoms with Gasteiger partial charge in [-0.2, -0.15) is 0 Å². The molecule has 0 amide bonds. The second-order valence-corrected chi connectivity index (χ2v) is 4.91. The van der Waals surface area contributed by atoms with E-state index in [-0.39, 0.29) is 10.6 Å². The fourth-order valence-corrected chi connectivity index (χ4v) is 2.10. The zero-order valence-corrected chi connectivity index (χ0v) is 11.5. The maximum Gasteiger partial charge on any atom is 0.197 e. The number of rotatable bonds is 2. The number of carbonyl (C=O) groups excluding carboxylic acids is 1. The maximum atomic E-state index is 13.5. The van der Waals surface area contributed by atoms with Crippen molar-refractivity contribution in [3.05, 3.63) is 68.4 Å². The number of hydrogen-bond donors (Lipinski definition) is 0. The Kier molecular flexibility index (Phi) is 3.96. The summed E-state index contributed by atoms with van der Waals surface area (Å²) in [5.74, 6) is -4.60. The minimum atomic E-state index is -1.35. The fraction of sp³-hybridized carbons (Fsp3) is 0. The van der Waals surface area contributed by atoms with Gasteiger partial charge in [-0.3, -0.25) is 4.79 Å². The first-order valence-electron chi connectivity index (χ1n) is 5.05. The van der Waals surface area contributed by atoms with Gasteiger partial charge in [0, 0.05) is 16.1 Å². The van der Waals surface area contributed by atoms with Crippen molar-refractivity contribution < 1.29 is 18.0 Å². The second-order valence-electron chi connectivity index (χ2n) is 3.68. The van der Waals surface area contributed by atoms with Crippen molar-refractivity contribution >= 4 is 33.3 Å². The van der Waals surface area contributed by atoms with E-state index in [0.717, 1.165) is 0 Å². The molecule has 0 radical (unpaired) electrons. The molecule has 0 aromatic heterocycles. The van der Waals surface area contributed by atoms with E-state index in [9.17, 15) is 18.0 Å². The highest BCUT2D eigenvalue weighted by Crippen LogP contribution is 2.28. The summed E-state index contributed by atoms with van der Waals surface area (Å²) in [6.45, 7) is 0. The molecule has 0 atom stereocenters. The first-order valence-corrected chi connectivity index (χ1v) is 6.22.